The SMILES string of the molecule is COc1ccc(OC(=O)N2CCNCC2)c2c1C(=O)/C(=C/c1cccc(Cl)c1)S2. The minimum Gasteiger partial charge on any atom is -0.496 e. The number of hydrogen-bond acceptors (Lipinski definition) is 6. The Hall–Kier alpha value is -2.48. The van der Waals surface area contributed by atoms with Gasteiger partial charge in [-0.05, 0) is 35.9 Å². The topological polar surface area (TPSA) is 67.9 Å². The van der Waals surface area contributed by atoms with Crippen LogP contribution in [0.25, 0.3) is 6.08 Å². The highest BCUT2D eigenvalue weighted by Crippen LogP contribution is 2.49. The monoisotopic (exact) mass is 430 g/mol. The molecule has 0 radical (unpaired) electrons. The molecule has 8 heteroatoms. The van der Waals surface area contributed by atoms with Crippen molar-refractivity contribution in [2.45, 2.75) is 4.90 Å². The second-order valence-corrected chi connectivity index (χ2v) is 8.06. The van der Waals surface area contributed by atoms with E-state index in [0.717, 1.165) is 18.7 Å². The molecule has 0 bridgehead atoms. The van der Waals surface area contributed by atoms with E-state index < -0.39 is 6.09 Å². The number of benzene rings is 2. The lowest BCUT2D eigenvalue weighted by Gasteiger charge is -2.26. The molecule has 0 spiro atoms. The van der Waals surface area contributed by atoms with Crippen LogP contribution in [0.4, 0.5) is 4.79 Å². The number of carbonyl (C=O) groups is 2. The average molecular weight is 431 g/mol. The lowest BCUT2D eigenvalue weighted by atomic mass is 10.1. The molecule has 1 amide bonds. The smallest absolute Gasteiger partial charge is 0.415 e. The van der Waals surface area contributed by atoms with Crippen LogP contribution in [-0.2, 0) is 0 Å². The molecular formula is C21H19ClN2O4S. The maximum atomic E-state index is 13.0. The average Bonchev–Trinajstić information content (AvgIpc) is 3.06. The van der Waals surface area contributed by atoms with Crippen molar-refractivity contribution in [2.24, 2.45) is 0 Å². The van der Waals surface area contributed by atoms with Crippen molar-refractivity contribution in [3.63, 3.8) is 0 Å². The summed E-state index contributed by atoms with van der Waals surface area (Å²) >= 11 is 7.32. The van der Waals surface area contributed by atoms with Gasteiger partial charge in [-0.1, -0.05) is 35.5 Å². The number of fused-ring (bicyclic) bond motifs is 1. The lowest BCUT2D eigenvalue weighted by Crippen LogP contribution is -2.47. The van der Waals surface area contributed by atoms with Crippen LogP contribution in [0.2, 0.25) is 5.02 Å². The van der Waals surface area contributed by atoms with Gasteiger partial charge in [0.15, 0.2) is 0 Å². The summed E-state index contributed by atoms with van der Waals surface area (Å²) in [6.45, 7) is 2.64. The van der Waals surface area contributed by atoms with E-state index in [1.807, 2.05) is 12.1 Å². The van der Waals surface area contributed by atoms with Crippen LogP contribution >= 0.6 is 23.4 Å². The lowest BCUT2D eigenvalue weighted by molar-refractivity contribution is 0.104. The number of methoxy groups -OCH3 is 1. The molecule has 1 N–H and O–H groups in total. The van der Waals surface area contributed by atoms with Gasteiger partial charge in [0.2, 0.25) is 5.78 Å². The Labute approximate surface area is 177 Å². The number of halogens is 1. The summed E-state index contributed by atoms with van der Waals surface area (Å²) in [6.07, 6.45) is 1.36. The van der Waals surface area contributed by atoms with Gasteiger partial charge in [-0.3, -0.25) is 4.79 Å². The van der Waals surface area contributed by atoms with Crippen molar-refractivity contribution in [1.29, 1.82) is 0 Å². The number of amides is 1. The molecule has 0 aromatic heterocycles. The van der Waals surface area contributed by atoms with Gasteiger partial charge in [0.1, 0.15) is 11.5 Å². The first kappa shape index (κ1) is 19.8. The van der Waals surface area contributed by atoms with Gasteiger partial charge in [0.05, 0.1) is 22.5 Å². The normalized spacial score (nSPS) is 17.4. The van der Waals surface area contributed by atoms with E-state index in [-0.39, 0.29) is 5.78 Å². The number of Topliss-reactive ketones (excluding diaryl/α,β-unsaturated/α-hetero) is 1. The molecule has 2 aromatic carbocycles. The fourth-order valence-corrected chi connectivity index (χ4v) is 4.55. The Morgan fingerprint density at radius 2 is 1.97 bits per heavy atom. The van der Waals surface area contributed by atoms with E-state index in [4.69, 9.17) is 21.1 Å². The highest BCUT2D eigenvalue weighted by atomic mass is 35.5. The standard InChI is InChI=1S/C21H19ClN2O4S/c1-27-15-5-6-16(28-21(26)24-9-7-23-8-10-24)20-18(15)19(25)17(29-20)12-13-3-2-4-14(22)11-13/h2-6,11-12,23H,7-10H2,1H3/b17-12-. The molecule has 2 aromatic rings. The predicted molar refractivity (Wildman–Crippen MR) is 113 cm³/mol. The summed E-state index contributed by atoms with van der Waals surface area (Å²) in [5.74, 6) is 0.646. The van der Waals surface area contributed by atoms with Crippen LogP contribution in [-0.4, -0.2) is 50.1 Å². The number of carbonyl (C=O) groups excluding carboxylic acids is 2. The van der Waals surface area contributed by atoms with Gasteiger partial charge in [0.25, 0.3) is 0 Å². The van der Waals surface area contributed by atoms with E-state index in [1.54, 1.807) is 35.2 Å². The quantitative estimate of drug-likeness (QED) is 0.740. The maximum absolute atomic E-state index is 13.0. The Morgan fingerprint density at radius 1 is 1.21 bits per heavy atom. The third kappa shape index (κ3) is 4.12. The van der Waals surface area contributed by atoms with E-state index in [9.17, 15) is 9.59 Å². The zero-order valence-corrected chi connectivity index (χ0v) is 17.3. The minimum absolute atomic E-state index is 0.165. The molecule has 150 valence electrons. The Morgan fingerprint density at radius 3 is 2.69 bits per heavy atom. The molecule has 1 saturated heterocycles. The molecule has 1 fully saturated rings. The van der Waals surface area contributed by atoms with Crippen molar-refractivity contribution >= 4 is 41.3 Å². The highest BCUT2D eigenvalue weighted by Gasteiger charge is 2.33. The predicted octanol–water partition coefficient (Wildman–Crippen LogP) is 4.08. The number of thioether (sulfide) groups is 1. The highest BCUT2D eigenvalue weighted by molar-refractivity contribution is 8.05. The second kappa shape index (κ2) is 8.49. The third-order valence-electron chi connectivity index (χ3n) is 4.69. The second-order valence-electron chi connectivity index (χ2n) is 6.57. The van der Waals surface area contributed by atoms with Crippen molar-refractivity contribution < 1.29 is 19.1 Å². The Kier molecular flexibility index (Phi) is 5.80. The third-order valence-corrected chi connectivity index (χ3v) is 6.05. The number of nitrogens with one attached hydrogen (secondary N) is 1. The summed E-state index contributed by atoms with van der Waals surface area (Å²) in [5.41, 5.74) is 1.23. The zero-order chi connectivity index (χ0) is 20.4. The van der Waals surface area contributed by atoms with Crippen LogP contribution in [0, 0.1) is 0 Å². The van der Waals surface area contributed by atoms with E-state index in [2.05, 4.69) is 5.32 Å². The number of ketones is 1. The first-order valence-corrected chi connectivity index (χ1v) is 10.3. The van der Waals surface area contributed by atoms with Gasteiger partial charge in [0, 0.05) is 31.2 Å². The number of allylic oxidation sites excluding steroid dienone is 1. The van der Waals surface area contributed by atoms with Crippen LogP contribution in [0.5, 0.6) is 11.5 Å². The van der Waals surface area contributed by atoms with Gasteiger partial charge in [-0.25, -0.2) is 4.79 Å². The number of rotatable bonds is 3. The van der Waals surface area contributed by atoms with Gasteiger partial charge < -0.3 is 19.7 Å². The van der Waals surface area contributed by atoms with Crippen LogP contribution in [0.15, 0.2) is 46.2 Å². The summed E-state index contributed by atoms with van der Waals surface area (Å²) in [5, 5.41) is 3.79. The van der Waals surface area contributed by atoms with Crippen LogP contribution < -0.4 is 14.8 Å². The van der Waals surface area contributed by atoms with Crippen molar-refractivity contribution in [3.05, 3.63) is 57.5 Å². The molecule has 6 nitrogen and oxygen atoms in total. The fraction of sp³-hybridized carbons (Fsp3) is 0.238. The largest absolute Gasteiger partial charge is 0.496 e. The van der Waals surface area contributed by atoms with E-state index in [0.29, 0.717) is 45.0 Å². The number of piperazine rings is 1. The number of ether oxygens (including phenoxy) is 2. The van der Waals surface area contributed by atoms with Crippen LogP contribution in [0.3, 0.4) is 0 Å². The van der Waals surface area contributed by atoms with Crippen LogP contribution in [0.1, 0.15) is 15.9 Å². The maximum Gasteiger partial charge on any atom is 0.415 e. The van der Waals surface area contributed by atoms with Gasteiger partial charge in [-0.2, -0.15) is 0 Å². The Bertz CT molecular complexity index is 1000. The summed E-state index contributed by atoms with van der Waals surface area (Å²) < 4.78 is 11.0. The molecule has 2 heterocycles. The van der Waals surface area contributed by atoms with Crippen molar-refractivity contribution in [2.75, 3.05) is 33.3 Å². The van der Waals surface area contributed by atoms with E-state index >= 15 is 0 Å². The fourth-order valence-electron chi connectivity index (χ4n) is 3.24. The molecule has 2 aliphatic rings. The number of hydrogen-bond donors (Lipinski definition) is 1. The molecule has 4 rings (SSSR count). The molecule has 0 unspecified atom stereocenters. The van der Waals surface area contributed by atoms with Gasteiger partial charge >= 0.3 is 6.09 Å². The van der Waals surface area contributed by atoms with E-state index in [1.165, 1.54) is 18.9 Å². The summed E-state index contributed by atoms with van der Waals surface area (Å²) in [4.78, 5) is 28.3. The summed E-state index contributed by atoms with van der Waals surface area (Å²) in [6, 6.07) is 10.6. The molecule has 2 aliphatic heterocycles. The van der Waals surface area contributed by atoms with Crippen molar-refractivity contribution in [3.8, 4) is 11.5 Å². The minimum atomic E-state index is -0.417. The zero-order valence-electron chi connectivity index (χ0n) is 15.7. The summed E-state index contributed by atoms with van der Waals surface area (Å²) in [7, 11) is 1.51. The Balaban J connectivity index is 1.65. The molecule has 0 aliphatic carbocycles. The molecular weight excluding hydrogens is 412 g/mol. The van der Waals surface area contributed by atoms with Gasteiger partial charge in [-0.15, -0.1) is 0 Å². The molecule has 29 heavy (non-hydrogen) atoms. The molecule has 0 atom stereocenters. The number of nitrogens with zero attached hydrogens (tertiary/aromatic N) is 1. The first-order chi connectivity index (χ1) is 14.1. The first-order valence-electron chi connectivity index (χ1n) is 9.15. The van der Waals surface area contributed by atoms with Crippen molar-refractivity contribution in [1.82, 2.24) is 10.2 Å². The molecule has 0 saturated carbocycles.